The van der Waals surface area contributed by atoms with Crippen molar-refractivity contribution in [3.8, 4) is 6.07 Å². The van der Waals surface area contributed by atoms with Crippen molar-refractivity contribution < 1.29 is 0 Å². The Morgan fingerprint density at radius 1 is 1.14 bits per heavy atom. The van der Waals surface area contributed by atoms with E-state index in [9.17, 15) is 5.26 Å². The van der Waals surface area contributed by atoms with Gasteiger partial charge in [-0.05, 0) is 18.1 Å². The van der Waals surface area contributed by atoms with Crippen molar-refractivity contribution in [2.24, 2.45) is 5.92 Å². The van der Waals surface area contributed by atoms with Gasteiger partial charge in [-0.2, -0.15) is 5.26 Å². The van der Waals surface area contributed by atoms with Gasteiger partial charge in [-0.1, -0.05) is 19.9 Å². The van der Waals surface area contributed by atoms with Crippen LogP contribution in [0.25, 0.3) is 5.52 Å². The summed E-state index contributed by atoms with van der Waals surface area (Å²) in [5.74, 6) is 0.730. The summed E-state index contributed by atoms with van der Waals surface area (Å²) in [5.41, 5.74) is 2.98. The first-order valence-electron chi connectivity index (χ1n) is 8.10. The minimum Gasteiger partial charge on any atom is -0.322 e. The Hall–Kier alpha value is -1.83. The SMILES string of the molecule is CC(C)CN1CCN(Cc2cn3ccccc3c2C#N)CC1. The molecular formula is C18H24N4. The Kier molecular flexibility index (Phi) is 4.47. The van der Waals surface area contributed by atoms with E-state index >= 15 is 0 Å². The summed E-state index contributed by atoms with van der Waals surface area (Å²) in [4.78, 5) is 5.01. The van der Waals surface area contributed by atoms with Crippen LogP contribution in [-0.2, 0) is 6.54 Å². The predicted octanol–water partition coefficient (Wildman–Crippen LogP) is 2.58. The van der Waals surface area contributed by atoms with Gasteiger partial charge in [-0.3, -0.25) is 4.90 Å². The number of fused-ring (bicyclic) bond motifs is 1. The zero-order valence-electron chi connectivity index (χ0n) is 13.5. The Morgan fingerprint density at radius 2 is 1.86 bits per heavy atom. The molecule has 1 saturated heterocycles. The van der Waals surface area contributed by atoms with Crippen LogP contribution in [0, 0.1) is 17.2 Å². The number of nitrogens with zero attached hydrogens (tertiary/aromatic N) is 4. The van der Waals surface area contributed by atoms with E-state index in [2.05, 4.69) is 40.3 Å². The van der Waals surface area contributed by atoms with Gasteiger partial charge in [0, 0.05) is 57.2 Å². The normalized spacial score (nSPS) is 17.2. The van der Waals surface area contributed by atoms with Crippen LogP contribution < -0.4 is 0 Å². The molecule has 4 nitrogen and oxygen atoms in total. The fraction of sp³-hybridized carbons (Fsp3) is 0.500. The summed E-state index contributed by atoms with van der Waals surface area (Å²) in [6, 6.07) is 8.39. The quantitative estimate of drug-likeness (QED) is 0.870. The fourth-order valence-electron chi connectivity index (χ4n) is 3.31. The molecule has 0 N–H and O–H groups in total. The van der Waals surface area contributed by atoms with Gasteiger partial charge in [-0.25, -0.2) is 0 Å². The van der Waals surface area contributed by atoms with Crippen molar-refractivity contribution in [3.05, 3.63) is 41.7 Å². The van der Waals surface area contributed by atoms with E-state index < -0.39 is 0 Å². The molecule has 0 saturated carbocycles. The first-order chi connectivity index (χ1) is 10.7. The zero-order valence-corrected chi connectivity index (χ0v) is 13.5. The highest BCUT2D eigenvalue weighted by atomic mass is 15.3. The topological polar surface area (TPSA) is 34.7 Å². The van der Waals surface area contributed by atoms with Crippen LogP contribution in [0.4, 0.5) is 0 Å². The van der Waals surface area contributed by atoms with E-state index in [0.29, 0.717) is 0 Å². The molecule has 3 heterocycles. The standard InChI is InChI=1S/C18H24N4/c1-15(2)12-20-7-9-21(10-8-20)13-16-14-22-6-4-3-5-18(22)17(16)11-19/h3-6,14-15H,7-10,12-13H2,1-2H3. The maximum atomic E-state index is 9.49. The van der Waals surface area contributed by atoms with Crippen LogP contribution in [0.1, 0.15) is 25.0 Å². The Morgan fingerprint density at radius 3 is 2.55 bits per heavy atom. The van der Waals surface area contributed by atoms with Gasteiger partial charge in [0.2, 0.25) is 0 Å². The molecule has 3 rings (SSSR count). The van der Waals surface area contributed by atoms with E-state index in [1.165, 1.54) is 6.54 Å². The molecule has 2 aromatic rings. The Labute approximate surface area is 132 Å². The van der Waals surface area contributed by atoms with Gasteiger partial charge in [0.05, 0.1) is 11.1 Å². The average Bonchev–Trinajstić information content (AvgIpc) is 2.85. The average molecular weight is 296 g/mol. The van der Waals surface area contributed by atoms with Crippen LogP contribution in [0.2, 0.25) is 0 Å². The molecular weight excluding hydrogens is 272 g/mol. The van der Waals surface area contributed by atoms with E-state index in [1.54, 1.807) is 0 Å². The number of hydrogen-bond donors (Lipinski definition) is 0. The summed E-state index contributed by atoms with van der Waals surface area (Å²) in [7, 11) is 0. The number of aromatic nitrogens is 1. The van der Waals surface area contributed by atoms with Crippen LogP contribution in [0.15, 0.2) is 30.6 Å². The second-order valence-electron chi connectivity index (χ2n) is 6.60. The third kappa shape index (κ3) is 3.16. The van der Waals surface area contributed by atoms with Crippen LogP contribution >= 0.6 is 0 Å². The molecule has 116 valence electrons. The lowest BCUT2D eigenvalue weighted by Crippen LogP contribution is -2.46. The highest BCUT2D eigenvalue weighted by molar-refractivity contribution is 5.65. The first kappa shape index (κ1) is 15.1. The molecule has 4 heteroatoms. The van der Waals surface area contributed by atoms with E-state index in [4.69, 9.17) is 0 Å². The zero-order chi connectivity index (χ0) is 15.5. The van der Waals surface area contributed by atoms with Crippen molar-refractivity contribution in [1.29, 1.82) is 5.26 Å². The molecule has 0 bridgehead atoms. The van der Waals surface area contributed by atoms with Crippen molar-refractivity contribution >= 4 is 5.52 Å². The summed E-state index contributed by atoms with van der Waals surface area (Å²) in [5, 5.41) is 9.49. The molecule has 1 aliphatic heterocycles. The number of piperazine rings is 1. The van der Waals surface area contributed by atoms with Crippen molar-refractivity contribution in [3.63, 3.8) is 0 Å². The Balaban J connectivity index is 1.69. The third-order valence-corrected chi connectivity index (χ3v) is 4.36. The molecule has 0 aliphatic carbocycles. The molecule has 0 atom stereocenters. The minimum absolute atomic E-state index is 0.730. The van der Waals surface area contributed by atoms with Crippen molar-refractivity contribution in [2.45, 2.75) is 20.4 Å². The molecule has 1 fully saturated rings. The second kappa shape index (κ2) is 6.51. The van der Waals surface area contributed by atoms with Crippen LogP contribution in [0.5, 0.6) is 0 Å². The predicted molar refractivity (Wildman–Crippen MR) is 88.7 cm³/mol. The maximum Gasteiger partial charge on any atom is 0.102 e. The highest BCUT2D eigenvalue weighted by Gasteiger charge is 2.19. The second-order valence-corrected chi connectivity index (χ2v) is 6.60. The first-order valence-corrected chi connectivity index (χ1v) is 8.10. The molecule has 22 heavy (non-hydrogen) atoms. The summed E-state index contributed by atoms with van der Waals surface area (Å²) >= 11 is 0. The fourth-order valence-corrected chi connectivity index (χ4v) is 3.31. The number of nitriles is 1. The largest absolute Gasteiger partial charge is 0.322 e. The monoisotopic (exact) mass is 296 g/mol. The summed E-state index contributed by atoms with van der Waals surface area (Å²) in [6.45, 7) is 11.1. The number of pyridine rings is 1. The lowest BCUT2D eigenvalue weighted by molar-refractivity contribution is 0.117. The van der Waals surface area contributed by atoms with Crippen molar-refractivity contribution in [1.82, 2.24) is 14.2 Å². The number of hydrogen-bond acceptors (Lipinski definition) is 3. The molecule has 1 aliphatic rings. The van der Waals surface area contributed by atoms with Gasteiger partial charge >= 0.3 is 0 Å². The summed E-state index contributed by atoms with van der Waals surface area (Å²) < 4.78 is 2.06. The van der Waals surface area contributed by atoms with E-state index in [1.807, 2.05) is 24.4 Å². The molecule has 2 aromatic heterocycles. The van der Waals surface area contributed by atoms with Gasteiger partial charge < -0.3 is 9.30 Å². The molecule has 0 unspecified atom stereocenters. The van der Waals surface area contributed by atoms with Crippen LogP contribution in [0.3, 0.4) is 0 Å². The maximum absolute atomic E-state index is 9.49. The minimum atomic E-state index is 0.730. The molecule has 0 aromatic carbocycles. The molecule has 0 amide bonds. The lowest BCUT2D eigenvalue weighted by Gasteiger charge is -2.35. The van der Waals surface area contributed by atoms with Gasteiger partial charge in [0.25, 0.3) is 0 Å². The van der Waals surface area contributed by atoms with E-state index in [-0.39, 0.29) is 0 Å². The molecule has 0 radical (unpaired) electrons. The lowest BCUT2D eigenvalue weighted by atomic mass is 10.1. The smallest absolute Gasteiger partial charge is 0.102 e. The number of rotatable bonds is 4. The van der Waals surface area contributed by atoms with E-state index in [0.717, 1.165) is 55.3 Å². The third-order valence-electron chi connectivity index (χ3n) is 4.36. The molecule has 0 spiro atoms. The van der Waals surface area contributed by atoms with Crippen LogP contribution in [-0.4, -0.2) is 46.9 Å². The Bertz CT molecular complexity index is 672. The highest BCUT2D eigenvalue weighted by Crippen LogP contribution is 2.20. The van der Waals surface area contributed by atoms with Gasteiger partial charge in [-0.15, -0.1) is 0 Å². The summed E-state index contributed by atoms with van der Waals surface area (Å²) in [6.07, 6.45) is 4.12. The van der Waals surface area contributed by atoms with Gasteiger partial charge in [0.1, 0.15) is 6.07 Å². The van der Waals surface area contributed by atoms with Gasteiger partial charge in [0.15, 0.2) is 0 Å². The van der Waals surface area contributed by atoms with Crippen molar-refractivity contribution in [2.75, 3.05) is 32.7 Å².